The van der Waals surface area contributed by atoms with Gasteiger partial charge < -0.3 is 5.11 Å². The maximum atomic E-state index is 10.1. The first kappa shape index (κ1) is 13.2. The normalized spacial score (nSPS) is 24.0. The molecule has 1 aliphatic carbocycles. The van der Waals surface area contributed by atoms with Crippen LogP contribution in [0.2, 0.25) is 0 Å². The van der Waals surface area contributed by atoms with Crippen LogP contribution in [0.1, 0.15) is 40.0 Å². The molecule has 0 heterocycles. The molecule has 0 aromatic heterocycles. The van der Waals surface area contributed by atoms with E-state index in [1.807, 2.05) is 0 Å². The van der Waals surface area contributed by atoms with Gasteiger partial charge in [-0.1, -0.05) is 42.9 Å². The van der Waals surface area contributed by atoms with E-state index in [-0.39, 0.29) is 6.10 Å². The van der Waals surface area contributed by atoms with E-state index in [0.717, 1.165) is 19.3 Å². The first-order valence-corrected chi connectivity index (χ1v) is 6.18. The van der Waals surface area contributed by atoms with Crippen LogP contribution in [-0.2, 0) is 0 Å². The Morgan fingerprint density at radius 2 is 2.31 bits per heavy atom. The van der Waals surface area contributed by atoms with Crippen LogP contribution in [0.5, 0.6) is 0 Å². The smallest absolute Gasteiger partial charge is 0.0605 e. The lowest BCUT2D eigenvalue weighted by Gasteiger charge is -2.27. The summed E-state index contributed by atoms with van der Waals surface area (Å²) in [4.78, 5) is 0. The van der Waals surface area contributed by atoms with E-state index in [9.17, 15) is 5.11 Å². The van der Waals surface area contributed by atoms with Gasteiger partial charge in [0.25, 0.3) is 0 Å². The quantitative estimate of drug-likeness (QED) is 0.713. The molecular weight excluding hydrogens is 196 g/mol. The fraction of sp³-hybridized carbons (Fsp3) is 0.600. The number of aliphatic hydroxyl groups excluding tert-OH is 1. The van der Waals surface area contributed by atoms with Gasteiger partial charge in [0.15, 0.2) is 0 Å². The van der Waals surface area contributed by atoms with Crippen LogP contribution >= 0.6 is 0 Å². The topological polar surface area (TPSA) is 20.2 Å². The summed E-state index contributed by atoms with van der Waals surface area (Å²) in [7, 11) is 0. The lowest BCUT2D eigenvalue weighted by atomic mass is 9.80. The number of rotatable bonds is 4. The van der Waals surface area contributed by atoms with Gasteiger partial charge in [-0.25, -0.2) is 0 Å². The third-order valence-corrected chi connectivity index (χ3v) is 3.43. The molecule has 1 nitrogen and oxygen atoms in total. The van der Waals surface area contributed by atoms with Crippen LogP contribution in [0.4, 0.5) is 0 Å². The van der Waals surface area contributed by atoms with Gasteiger partial charge >= 0.3 is 0 Å². The molecule has 90 valence electrons. The highest BCUT2D eigenvalue weighted by Crippen LogP contribution is 2.29. The first-order chi connectivity index (χ1) is 7.50. The Morgan fingerprint density at radius 1 is 1.62 bits per heavy atom. The SMILES string of the molecule is C=C1C=CC(C(C)C(O)CC=C(C)C)CC1. The van der Waals surface area contributed by atoms with Gasteiger partial charge in [0.1, 0.15) is 0 Å². The second-order valence-electron chi connectivity index (χ2n) is 5.16. The van der Waals surface area contributed by atoms with Crippen molar-refractivity contribution in [1.82, 2.24) is 0 Å². The largest absolute Gasteiger partial charge is 0.393 e. The van der Waals surface area contributed by atoms with Gasteiger partial charge in [-0.2, -0.15) is 0 Å². The molecule has 1 aliphatic rings. The lowest BCUT2D eigenvalue weighted by molar-refractivity contribution is 0.0939. The van der Waals surface area contributed by atoms with Crippen molar-refractivity contribution >= 4 is 0 Å². The average molecular weight is 220 g/mol. The minimum Gasteiger partial charge on any atom is -0.393 e. The van der Waals surface area contributed by atoms with E-state index in [0.29, 0.717) is 11.8 Å². The third kappa shape index (κ3) is 3.97. The molecule has 0 aromatic carbocycles. The minimum atomic E-state index is -0.226. The van der Waals surface area contributed by atoms with Gasteiger partial charge in [-0.15, -0.1) is 0 Å². The summed E-state index contributed by atoms with van der Waals surface area (Å²) >= 11 is 0. The Bertz CT molecular complexity index is 295. The van der Waals surface area contributed by atoms with Gasteiger partial charge in [0, 0.05) is 0 Å². The first-order valence-electron chi connectivity index (χ1n) is 6.18. The molecular formula is C15H24O. The molecule has 0 radical (unpaired) electrons. The average Bonchev–Trinajstić information content (AvgIpc) is 2.26. The third-order valence-electron chi connectivity index (χ3n) is 3.43. The highest BCUT2D eigenvalue weighted by atomic mass is 16.3. The molecule has 0 saturated heterocycles. The van der Waals surface area contributed by atoms with Crippen molar-refractivity contribution in [1.29, 1.82) is 0 Å². The van der Waals surface area contributed by atoms with Crippen LogP contribution in [-0.4, -0.2) is 11.2 Å². The zero-order chi connectivity index (χ0) is 12.1. The van der Waals surface area contributed by atoms with Crippen LogP contribution in [0, 0.1) is 11.8 Å². The van der Waals surface area contributed by atoms with Gasteiger partial charge in [-0.3, -0.25) is 0 Å². The van der Waals surface area contributed by atoms with E-state index in [2.05, 4.69) is 45.6 Å². The summed E-state index contributed by atoms with van der Waals surface area (Å²) in [5.74, 6) is 0.839. The monoisotopic (exact) mass is 220 g/mol. The molecule has 0 amide bonds. The molecule has 0 aliphatic heterocycles. The van der Waals surface area contributed by atoms with E-state index >= 15 is 0 Å². The number of hydrogen-bond donors (Lipinski definition) is 1. The molecule has 16 heavy (non-hydrogen) atoms. The molecule has 0 aromatic rings. The second kappa shape index (κ2) is 6.05. The maximum absolute atomic E-state index is 10.1. The van der Waals surface area contributed by atoms with Crippen molar-refractivity contribution in [2.45, 2.75) is 46.1 Å². The summed E-state index contributed by atoms with van der Waals surface area (Å²) < 4.78 is 0. The molecule has 1 N–H and O–H groups in total. The Hall–Kier alpha value is -0.820. The predicted molar refractivity (Wildman–Crippen MR) is 70.2 cm³/mol. The lowest BCUT2D eigenvalue weighted by Crippen LogP contribution is -2.25. The van der Waals surface area contributed by atoms with Crippen molar-refractivity contribution in [3.63, 3.8) is 0 Å². The zero-order valence-electron chi connectivity index (χ0n) is 10.7. The van der Waals surface area contributed by atoms with Gasteiger partial charge in [0.05, 0.1) is 6.10 Å². The Morgan fingerprint density at radius 3 is 2.81 bits per heavy atom. The van der Waals surface area contributed by atoms with E-state index in [1.165, 1.54) is 11.1 Å². The molecule has 0 saturated carbocycles. The number of allylic oxidation sites excluding steroid dienone is 4. The Kier molecular flexibility index (Phi) is 5.01. The van der Waals surface area contributed by atoms with Gasteiger partial charge in [0.2, 0.25) is 0 Å². The van der Waals surface area contributed by atoms with Crippen molar-refractivity contribution in [3.8, 4) is 0 Å². The summed E-state index contributed by atoms with van der Waals surface area (Å²) in [6.07, 6.45) is 9.18. The van der Waals surface area contributed by atoms with Crippen LogP contribution in [0.3, 0.4) is 0 Å². The molecule has 3 atom stereocenters. The fourth-order valence-electron chi connectivity index (χ4n) is 2.09. The van der Waals surface area contributed by atoms with Crippen molar-refractivity contribution in [2.24, 2.45) is 11.8 Å². The van der Waals surface area contributed by atoms with Crippen LogP contribution in [0.15, 0.2) is 36.0 Å². The molecule has 0 bridgehead atoms. The zero-order valence-corrected chi connectivity index (χ0v) is 10.7. The number of aliphatic hydroxyl groups is 1. The highest BCUT2D eigenvalue weighted by molar-refractivity contribution is 5.19. The summed E-state index contributed by atoms with van der Waals surface area (Å²) in [5.41, 5.74) is 2.49. The van der Waals surface area contributed by atoms with E-state index < -0.39 is 0 Å². The molecule has 0 fully saturated rings. The predicted octanol–water partition coefficient (Wildman–Crippen LogP) is 3.86. The van der Waals surface area contributed by atoms with E-state index in [1.54, 1.807) is 0 Å². The maximum Gasteiger partial charge on any atom is 0.0605 e. The van der Waals surface area contributed by atoms with Gasteiger partial charge in [-0.05, 0) is 44.9 Å². The number of hydrogen-bond acceptors (Lipinski definition) is 1. The Labute approximate surface area is 99.6 Å². The van der Waals surface area contributed by atoms with Crippen molar-refractivity contribution < 1.29 is 5.11 Å². The summed E-state index contributed by atoms with van der Waals surface area (Å²) in [5, 5.41) is 10.1. The van der Waals surface area contributed by atoms with E-state index in [4.69, 9.17) is 0 Å². The molecule has 3 unspecified atom stereocenters. The van der Waals surface area contributed by atoms with Crippen LogP contribution in [0.25, 0.3) is 0 Å². The second-order valence-corrected chi connectivity index (χ2v) is 5.16. The highest BCUT2D eigenvalue weighted by Gasteiger charge is 2.23. The van der Waals surface area contributed by atoms with Crippen LogP contribution < -0.4 is 0 Å². The molecule has 1 rings (SSSR count). The minimum absolute atomic E-state index is 0.226. The van der Waals surface area contributed by atoms with Crippen molar-refractivity contribution in [3.05, 3.63) is 36.0 Å². The Balaban J connectivity index is 2.50. The standard InChI is InChI=1S/C15H24O/c1-11(2)5-10-15(16)13(4)14-8-6-12(3)7-9-14/h5-6,8,13-16H,3,7,9-10H2,1-2,4H3. The summed E-state index contributed by atoms with van der Waals surface area (Å²) in [6, 6.07) is 0. The molecule has 0 spiro atoms. The van der Waals surface area contributed by atoms with Crippen molar-refractivity contribution in [2.75, 3.05) is 0 Å². The summed E-state index contributed by atoms with van der Waals surface area (Å²) in [6.45, 7) is 10.2. The molecule has 1 heteroatoms. The fourth-order valence-corrected chi connectivity index (χ4v) is 2.09.